The average Bonchev–Trinajstić information content (AvgIpc) is 2.59. The van der Waals surface area contributed by atoms with E-state index in [0.717, 1.165) is 6.42 Å². The molecule has 2 atom stereocenters. The minimum atomic E-state index is -0.0358. The van der Waals surface area contributed by atoms with E-state index in [2.05, 4.69) is 33.4 Å². The second-order valence-corrected chi connectivity index (χ2v) is 3.51. The highest BCUT2D eigenvalue weighted by atomic mass is 16.6. The lowest BCUT2D eigenvalue weighted by Crippen LogP contribution is -2.03. The number of hydrogen-bond acceptors (Lipinski definition) is 1. The Hall–Kier alpha value is -0.560. The second kappa shape index (κ2) is 2.82. The smallest absolute Gasteiger partial charge is 0.110 e. The Balaban J connectivity index is 2.34. The molecule has 1 aliphatic rings. The largest absolute Gasteiger partial charge is 0.362 e. The standard InChI is InChI=1S/C10H16O/c1-5-10(4)9(11-10)7-6-8(2)3/h5-6,9H,1,7H2,2-4H3/t9-,10-/m1/s1. The zero-order valence-corrected chi connectivity index (χ0v) is 7.55. The van der Waals surface area contributed by atoms with E-state index < -0.39 is 0 Å². The van der Waals surface area contributed by atoms with Gasteiger partial charge in [-0.3, -0.25) is 0 Å². The molecule has 0 radical (unpaired) electrons. The summed E-state index contributed by atoms with van der Waals surface area (Å²) in [6, 6.07) is 0. The van der Waals surface area contributed by atoms with E-state index in [-0.39, 0.29) is 5.60 Å². The molecule has 0 amide bonds. The van der Waals surface area contributed by atoms with E-state index in [4.69, 9.17) is 4.74 Å². The van der Waals surface area contributed by atoms with Crippen LogP contribution in [0.15, 0.2) is 24.3 Å². The lowest BCUT2D eigenvalue weighted by atomic mass is 10.1. The van der Waals surface area contributed by atoms with Crippen molar-refractivity contribution in [2.75, 3.05) is 0 Å². The maximum atomic E-state index is 5.44. The first kappa shape index (κ1) is 8.54. The van der Waals surface area contributed by atoms with Gasteiger partial charge in [0, 0.05) is 0 Å². The van der Waals surface area contributed by atoms with Crippen molar-refractivity contribution in [3.8, 4) is 0 Å². The first-order valence-corrected chi connectivity index (χ1v) is 4.03. The monoisotopic (exact) mass is 152 g/mol. The molecule has 1 fully saturated rings. The summed E-state index contributed by atoms with van der Waals surface area (Å²) in [4.78, 5) is 0. The number of hydrogen-bond donors (Lipinski definition) is 0. The molecule has 1 saturated heterocycles. The molecule has 1 heterocycles. The highest BCUT2D eigenvalue weighted by Gasteiger charge is 2.48. The van der Waals surface area contributed by atoms with Crippen LogP contribution in [0.5, 0.6) is 0 Å². The van der Waals surface area contributed by atoms with Crippen LogP contribution in [0.3, 0.4) is 0 Å². The number of rotatable bonds is 3. The average molecular weight is 152 g/mol. The molecule has 11 heavy (non-hydrogen) atoms. The Bertz CT molecular complexity index is 189. The fourth-order valence-electron chi connectivity index (χ4n) is 1.08. The molecule has 0 saturated carbocycles. The van der Waals surface area contributed by atoms with Crippen molar-refractivity contribution in [3.05, 3.63) is 24.3 Å². The molecule has 1 heteroatoms. The molecular weight excluding hydrogens is 136 g/mol. The van der Waals surface area contributed by atoms with E-state index in [1.165, 1.54) is 5.57 Å². The zero-order chi connectivity index (χ0) is 8.48. The third kappa shape index (κ3) is 1.93. The molecule has 1 nitrogen and oxygen atoms in total. The van der Waals surface area contributed by atoms with Gasteiger partial charge in [-0.2, -0.15) is 0 Å². The summed E-state index contributed by atoms with van der Waals surface area (Å²) in [5.41, 5.74) is 1.32. The number of epoxide rings is 1. The van der Waals surface area contributed by atoms with Crippen molar-refractivity contribution in [2.45, 2.75) is 38.9 Å². The third-order valence-electron chi connectivity index (χ3n) is 2.12. The van der Waals surface area contributed by atoms with Gasteiger partial charge in [-0.25, -0.2) is 0 Å². The predicted molar refractivity (Wildman–Crippen MR) is 47.5 cm³/mol. The van der Waals surface area contributed by atoms with Gasteiger partial charge in [-0.05, 0) is 27.2 Å². The van der Waals surface area contributed by atoms with Crippen LogP contribution in [-0.4, -0.2) is 11.7 Å². The maximum absolute atomic E-state index is 5.44. The van der Waals surface area contributed by atoms with Crippen LogP contribution in [0, 0.1) is 0 Å². The summed E-state index contributed by atoms with van der Waals surface area (Å²) < 4.78 is 5.44. The van der Waals surface area contributed by atoms with E-state index in [1.54, 1.807) is 0 Å². The van der Waals surface area contributed by atoms with Crippen LogP contribution in [0.4, 0.5) is 0 Å². The number of allylic oxidation sites excluding steroid dienone is 1. The van der Waals surface area contributed by atoms with Crippen LogP contribution in [0.25, 0.3) is 0 Å². The van der Waals surface area contributed by atoms with Gasteiger partial charge in [0.05, 0.1) is 6.10 Å². The van der Waals surface area contributed by atoms with Gasteiger partial charge in [0.2, 0.25) is 0 Å². The molecule has 62 valence electrons. The van der Waals surface area contributed by atoms with Gasteiger partial charge in [0.25, 0.3) is 0 Å². The van der Waals surface area contributed by atoms with Gasteiger partial charge < -0.3 is 4.74 Å². The van der Waals surface area contributed by atoms with E-state index in [1.807, 2.05) is 6.08 Å². The lowest BCUT2D eigenvalue weighted by Gasteiger charge is -1.94. The molecular formula is C10H16O. The molecule has 0 spiro atoms. The molecule has 0 bridgehead atoms. The topological polar surface area (TPSA) is 12.5 Å². The van der Waals surface area contributed by atoms with Crippen molar-refractivity contribution in [1.82, 2.24) is 0 Å². The Kier molecular flexibility index (Phi) is 2.19. The van der Waals surface area contributed by atoms with Gasteiger partial charge in [0.15, 0.2) is 0 Å². The molecule has 1 rings (SSSR count). The van der Waals surface area contributed by atoms with Crippen molar-refractivity contribution < 1.29 is 4.74 Å². The summed E-state index contributed by atoms with van der Waals surface area (Å²) in [6.45, 7) is 10.0. The van der Waals surface area contributed by atoms with Crippen molar-refractivity contribution in [1.29, 1.82) is 0 Å². The second-order valence-electron chi connectivity index (χ2n) is 3.51. The highest BCUT2D eigenvalue weighted by Crippen LogP contribution is 2.39. The minimum absolute atomic E-state index is 0.0358. The first-order valence-electron chi connectivity index (χ1n) is 4.03. The third-order valence-corrected chi connectivity index (χ3v) is 2.12. The molecule has 0 N–H and O–H groups in total. The zero-order valence-electron chi connectivity index (χ0n) is 7.55. The van der Waals surface area contributed by atoms with Crippen LogP contribution in [-0.2, 0) is 4.74 Å². The van der Waals surface area contributed by atoms with E-state index in [0.29, 0.717) is 6.10 Å². The highest BCUT2D eigenvalue weighted by molar-refractivity contribution is 5.13. The normalized spacial score (nSPS) is 34.6. The van der Waals surface area contributed by atoms with Gasteiger partial charge in [-0.1, -0.05) is 17.7 Å². The fourth-order valence-corrected chi connectivity index (χ4v) is 1.08. The summed E-state index contributed by atoms with van der Waals surface area (Å²) in [5.74, 6) is 0. The Labute approximate surface area is 68.8 Å². The molecule has 0 aliphatic carbocycles. The molecule has 0 aromatic heterocycles. The van der Waals surface area contributed by atoms with Crippen molar-refractivity contribution in [3.63, 3.8) is 0 Å². The van der Waals surface area contributed by atoms with E-state index in [9.17, 15) is 0 Å². The van der Waals surface area contributed by atoms with Crippen molar-refractivity contribution >= 4 is 0 Å². The Morgan fingerprint density at radius 1 is 1.64 bits per heavy atom. The molecule has 0 aromatic rings. The molecule has 0 aromatic carbocycles. The maximum Gasteiger partial charge on any atom is 0.110 e. The summed E-state index contributed by atoms with van der Waals surface area (Å²) in [5, 5.41) is 0. The fraction of sp³-hybridized carbons (Fsp3) is 0.600. The van der Waals surface area contributed by atoms with Gasteiger partial charge in [0.1, 0.15) is 5.60 Å². The summed E-state index contributed by atoms with van der Waals surface area (Å²) >= 11 is 0. The van der Waals surface area contributed by atoms with Crippen LogP contribution in [0.1, 0.15) is 27.2 Å². The van der Waals surface area contributed by atoms with Crippen LogP contribution >= 0.6 is 0 Å². The SMILES string of the molecule is C=C[C@@]1(C)O[C@@H]1CC=C(C)C. The van der Waals surface area contributed by atoms with Gasteiger partial charge in [-0.15, -0.1) is 6.58 Å². The van der Waals surface area contributed by atoms with Crippen LogP contribution < -0.4 is 0 Å². The molecule has 1 aliphatic heterocycles. The summed E-state index contributed by atoms with van der Waals surface area (Å²) in [7, 11) is 0. The van der Waals surface area contributed by atoms with Crippen LogP contribution in [0.2, 0.25) is 0 Å². The first-order chi connectivity index (χ1) is 5.08. The Morgan fingerprint density at radius 3 is 2.64 bits per heavy atom. The predicted octanol–water partition coefficient (Wildman–Crippen LogP) is 2.69. The quantitative estimate of drug-likeness (QED) is 0.447. The molecule has 0 unspecified atom stereocenters. The van der Waals surface area contributed by atoms with E-state index >= 15 is 0 Å². The van der Waals surface area contributed by atoms with Gasteiger partial charge >= 0.3 is 0 Å². The minimum Gasteiger partial charge on any atom is -0.362 e. The summed E-state index contributed by atoms with van der Waals surface area (Å²) in [6.07, 6.45) is 5.48. The lowest BCUT2D eigenvalue weighted by molar-refractivity contribution is 0.343. The van der Waals surface area contributed by atoms with Crippen molar-refractivity contribution in [2.24, 2.45) is 0 Å². The Morgan fingerprint density at radius 2 is 2.27 bits per heavy atom. The number of ether oxygens (including phenoxy) is 1.